The molecular formula is C23H26BrN5O4. The van der Waals surface area contributed by atoms with Crippen LogP contribution in [-0.2, 0) is 16.7 Å². The van der Waals surface area contributed by atoms with Crippen molar-refractivity contribution in [3.05, 3.63) is 46.6 Å². The minimum absolute atomic E-state index is 0.165. The largest absolute Gasteiger partial charge is 0.497 e. The van der Waals surface area contributed by atoms with Crippen molar-refractivity contribution in [1.29, 1.82) is 0 Å². The van der Waals surface area contributed by atoms with Crippen LogP contribution in [0.25, 0.3) is 5.52 Å². The summed E-state index contributed by atoms with van der Waals surface area (Å²) in [4.78, 5) is 23.5. The van der Waals surface area contributed by atoms with E-state index in [1.165, 1.54) is 0 Å². The summed E-state index contributed by atoms with van der Waals surface area (Å²) in [6, 6.07) is 5.90. The molecule has 2 saturated heterocycles. The van der Waals surface area contributed by atoms with Crippen LogP contribution in [-0.4, -0.2) is 58.8 Å². The molecule has 4 heterocycles. The Bertz CT molecular complexity index is 1220. The first-order valence-electron chi connectivity index (χ1n) is 10.8. The minimum Gasteiger partial charge on any atom is -0.497 e. The number of carbonyl (C=O) groups excluding carboxylic acids is 1. The summed E-state index contributed by atoms with van der Waals surface area (Å²) in [5, 5.41) is 3.42. The predicted molar refractivity (Wildman–Crippen MR) is 126 cm³/mol. The summed E-state index contributed by atoms with van der Waals surface area (Å²) < 4.78 is 18.8. The average molecular weight is 516 g/mol. The highest BCUT2D eigenvalue weighted by molar-refractivity contribution is 9.10. The molecule has 3 aromatic rings. The third kappa shape index (κ3) is 3.76. The zero-order valence-corrected chi connectivity index (χ0v) is 20.4. The molecular weight excluding hydrogens is 490 g/mol. The summed E-state index contributed by atoms with van der Waals surface area (Å²) in [5.74, 6) is 3.08. The number of aromatic nitrogens is 3. The van der Waals surface area contributed by atoms with Crippen molar-refractivity contribution in [1.82, 2.24) is 19.3 Å². The Kier molecular flexibility index (Phi) is 5.55. The number of amides is 1. The maximum absolute atomic E-state index is 12.2. The van der Waals surface area contributed by atoms with Crippen molar-refractivity contribution >= 4 is 33.4 Å². The number of benzene rings is 1. The molecule has 2 fully saturated rings. The van der Waals surface area contributed by atoms with Gasteiger partial charge in [-0.2, -0.15) is 0 Å². The quantitative estimate of drug-likeness (QED) is 0.530. The molecule has 0 radical (unpaired) electrons. The molecule has 0 aliphatic carbocycles. The molecule has 2 atom stereocenters. The maximum atomic E-state index is 12.2. The van der Waals surface area contributed by atoms with Crippen LogP contribution < -0.4 is 14.8 Å². The molecule has 2 aromatic heterocycles. The number of anilines is 1. The molecule has 2 aliphatic rings. The van der Waals surface area contributed by atoms with Gasteiger partial charge in [-0.15, -0.1) is 0 Å². The number of hydrogen-bond donors (Lipinski definition) is 1. The highest BCUT2D eigenvalue weighted by atomic mass is 79.9. The van der Waals surface area contributed by atoms with E-state index in [4.69, 9.17) is 19.2 Å². The summed E-state index contributed by atoms with van der Waals surface area (Å²) >= 11 is 3.64. The van der Waals surface area contributed by atoms with E-state index in [0.717, 1.165) is 41.2 Å². The minimum atomic E-state index is -0.299. The second-order valence-electron chi connectivity index (χ2n) is 8.71. The molecule has 10 heteroatoms. The first-order valence-corrected chi connectivity index (χ1v) is 11.6. The number of cyclic esters (lactones) is 1. The van der Waals surface area contributed by atoms with Gasteiger partial charge in [0.1, 0.15) is 34.1 Å². The van der Waals surface area contributed by atoms with Gasteiger partial charge in [-0.1, -0.05) is 6.92 Å². The summed E-state index contributed by atoms with van der Waals surface area (Å²) in [6.45, 7) is 3.74. The van der Waals surface area contributed by atoms with Crippen LogP contribution in [0.1, 0.15) is 31.2 Å². The monoisotopic (exact) mass is 515 g/mol. The summed E-state index contributed by atoms with van der Waals surface area (Å²) in [5.41, 5.74) is 1.54. The third-order valence-corrected chi connectivity index (χ3v) is 7.17. The Balaban J connectivity index is 1.45. The number of rotatable bonds is 6. The van der Waals surface area contributed by atoms with Crippen molar-refractivity contribution in [2.24, 2.45) is 0 Å². The normalized spacial score (nSPS) is 22.2. The lowest BCUT2D eigenvalue weighted by atomic mass is 9.79. The maximum Gasteiger partial charge on any atom is 0.410 e. The molecule has 1 aromatic carbocycles. The molecule has 5 rings (SSSR count). The molecule has 1 N–H and O–H groups in total. The van der Waals surface area contributed by atoms with Crippen LogP contribution in [0.15, 0.2) is 35.2 Å². The number of hydrogen-bond acceptors (Lipinski definition) is 7. The van der Waals surface area contributed by atoms with E-state index in [-0.39, 0.29) is 17.6 Å². The first kappa shape index (κ1) is 21.8. The second kappa shape index (κ2) is 8.40. The van der Waals surface area contributed by atoms with Crippen molar-refractivity contribution in [2.45, 2.75) is 37.8 Å². The van der Waals surface area contributed by atoms with Crippen LogP contribution in [0.3, 0.4) is 0 Å². The predicted octanol–water partition coefficient (Wildman–Crippen LogP) is 3.99. The van der Waals surface area contributed by atoms with Crippen molar-refractivity contribution < 1.29 is 19.0 Å². The Morgan fingerprint density at radius 3 is 2.97 bits per heavy atom. The topological polar surface area (TPSA) is 90.2 Å². The number of imidazole rings is 1. The molecule has 1 amide bonds. The van der Waals surface area contributed by atoms with Gasteiger partial charge in [-0.3, -0.25) is 4.40 Å². The molecule has 0 bridgehead atoms. The number of methoxy groups -OCH3 is 2. The van der Waals surface area contributed by atoms with Crippen molar-refractivity contribution in [3.63, 3.8) is 0 Å². The molecule has 9 nitrogen and oxygen atoms in total. The van der Waals surface area contributed by atoms with Crippen LogP contribution in [0, 0.1) is 0 Å². The fourth-order valence-electron chi connectivity index (χ4n) is 4.77. The van der Waals surface area contributed by atoms with Gasteiger partial charge in [0, 0.05) is 42.5 Å². The van der Waals surface area contributed by atoms with Crippen LogP contribution in [0.4, 0.5) is 10.6 Å². The van der Waals surface area contributed by atoms with E-state index in [2.05, 4.69) is 37.6 Å². The van der Waals surface area contributed by atoms with Gasteiger partial charge in [0.05, 0.1) is 20.3 Å². The lowest BCUT2D eigenvalue weighted by Crippen LogP contribution is -2.49. The number of nitrogens with zero attached hydrogens (tertiary/aromatic N) is 4. The summed E-state index contributed by atoms with van der Waals surface area (Å²) in [6.07, 6.45) is 5.26. The number of carbonyl (C=O) groups is 1. The average Bonchev–Trinajstić information content (AvgIpc) is 3.37. The number of nitrogens with one attached hydrogen (secondary N) is 1. The smallest absolute Gasteiger partial charge is 0.410 e. The van der Waals surface area contributed by atoms with E-state index in [1.807, 2.05) is 29.3 Å². The van der Waals surface area contributed by atoms with Gasteiger partial charge in [0.2, 0.25) is 0 Å². The van der Waals surface area contributed by atoms with Gasteiger partial charge in [-0.25, -0.2) is 14.8 Å². The third-order valence-electron chi connectivity index (χ3n) is 6.62. The number of piperidine rings is 1. The fraction of sp³-hybridized carbons (Fsp3) is 0.435. The standard InChI is InChI=1S/C23H26BrN5O4/c1-23(7-6-15-12-33-22(30)29(15)13-23)21-27-19(24)18-20(25-8-9-28(18)21)26-11-14-4-5-16(31-2)10-17(14)32-3/h4-5,8-10,15H,6-7,11-13H2,1-3H3,(H,25,26)/t15-,23+/m1/s1. The molecule has 0 spiro atoms. The lowest BCUT2D eigenvalue weighted by Gasteiger charge is -2.39. The Morgan fingerprint density at radius 2 is 2.18 bits per heavy atom. The number of halogens is 1. The first-order chi connectivity index (χ1) is 15.9. The van der Waals surface area contributed by atoms with Gasteiger partial charge in [-0.05, 0) is 40.9 Å². The highest BCUT2D eigenvalue weighted by Gasteiger charge is 2.46. The molecule has 0 saturated carbocycles. The van der Waals surface area contributed by atoms with Gasteiger partial charge < -0.3 is 24.4 Å². The zero-order valence-electron chi connectivity index (χ0n) is 18.8. The van der Waals surface area contributed by atoms with Crippen LogP contribution >= 0.6 is 15.9 Å². The van der Waals surface area contributed by atoms with E-state index in [0.29, 0.717) is 30.1 Å². The fourth-order valence-corrected chi connectivity index (χ4v) is 5.32. The molecule has 2 aliphatic heterocycles. The van der Waals surface area contributed by atoms with Crippen molar-refractivity contribution in [3.8, 4) is 11.5 Å². The van der Waals surface area contributed by atoms with E-state index in [9.17, 15) is 4.79 Å². The van der Waals surface area contributed by atoms with E-state index in [1.54, 1.807) is 20.4 Å². The summed E-state index contributed by atoms with van der Waals surface area (Å²) in [7, 11) is 3.27. The second-order valence-corrected chi connectivity index (χ2v) is 9.46. The zero-order chi connectivity index (χ0) is 23.2. The number of ether oxygens (including phenoxy) is 3. The van der Waals surface area contributed by atoms with Crippen LogP contribution in [0.2, 0.25) is 0 Å². The number of fused-ring (bicyclic) bond motifs is 2. The lowest BCUT2D eigenvalue weighted by molar-refractivity contribution is 0.131. The van der Waals surface area contributed by atoms with Crippen LogP contribution in [0.5, 0.6) is 11.5 Å². The molecule has 33 heavy (non-hydrogen) atoms. The molecule has 174 valence electrons. The van der Waals surface area contributed by atoms with E-state index >= 15 is 0 Å². The highest BCUT2D eigenvalue weighted by Crippen LogP contribution is 2.40. The van der Waals surface area contributed by atoms with Gasteiger partial charge >= 0.3 is 6.09 Å². The van der Waals surface area contributed by atoms with E-state index < -0.39 is 0 Å². The Morgan fingerprint density at radius 1 is 1.33 bits per heavy atom. The molecule has 0 unspecified atom stereocenters. The Labute approximate surface area is 200 Å². The van der Waals surface area contributed by atoms with Crippen molar-refractivity contribution in [2.75, 3.05) is 32.7 Å². The van der Waals surface area contributed by atoms with Gasteiger partial charge in [0.25, 0.3) is 0 Å². The van der Waals surface area contributed by atoms with Gasteiger partial charge in [0.15, 0.2) is 5.82 Å². The SMILES string of the molecule is COc1ccc(CNc2nccn3c([C@@]4(C)CC[C@@H]5COC(=O)N5C4)nc(Br)c23)c(OC)c1. The Hall–Kier alpha value is -3.01.